The lowest BCUT2D eigenvalue weighted by Crippen LogP contribution is -2.35. The van der Waals surface area contributed by atoms with E-state index in [-0.39, 0.29) is 17.9 Å². The van der Waals surface area contributed by atoms with Crippen LogP contribution in [-0.4, -0.2) is 35.4 Å². The van der Waals surface area contributed by atoms with Crippen LogP contribution in [0.1, 0.15) is 10.4 Å². The van der Waals surface area contributed by atoms with Gasteiger partial charge >= 0.3 is 0 Å². The number of carbonyl (C=O) groups is 2. The zero-order chi connectivity index (χ0) is 17.0. The third kappa shape index (κ3) is 4.37. The van der Waals surface area contributed by atoms with E-state index in [2.05, 4.69) is 5.32 Å². The summed E-state index contributed by atoms with van der Waals surface area (Å²) < 4.78 is 0. The molecule has 120 valence electrons. The molecule has 0 bridgehead atoms. The van der Waals surface area contributed by atoms with Crippen LogP contribution < -0.4 is 5.32 Å². The minimum atomic E-state index is -0.515. The van der Waals surface area contributed by atoms with E-state index >= 15 is 0 Å². The summed E-state index contributed by atoms with van der Waals surface area (Å²) in [4.78, 5) is 25.5. The third-order valence-corrected chi connectivity index (χ3v) is 3.63. The molecule has 0 fully saturated rings. The van der Waals surface area contributed by atoms with Crippen LogP contribution in [0.4, 0.5) is 5.69 Å². The second-order valence-corrected chi connectivity index (χ2v) is 5.69. The van der Waals surface area contributed by atoms with E-state index in [1.165, 1.54) is 30.1 Å². The van der Waals surface area contributed by atoms with E-state index in [4.69, 9.17) is 23.2 Å². The Labute approximate surface area is 143 Å². The first-order chi connectivity index (χ1) is 10.9. The van der Waals surface area contributed by atoms with Gasteiger partial charge in [-0.25, -0.2) is 0 Å². The van der Waals surface area contributed by atoms with Crippen LogP contribution in [0.5, 0.6) is 5.75 Å². The highest BCUT2D eigenvalue weighted by molar-refractivity contribution is 6.33. The molecule has 5 nitrogen and oxygen atoms in total. The largest absolute Gasteiger partial charge is 0.507 e. The van der Waals surface area contributed by atoms with Gasteiger partial charge in [-0.2, -0.15) is 0 Å². The Balaban J connectivity index is 2.05. The fraction of sp³-hybridized carbons (Fsp3) is 0.125. The van der Waals surface area contributed by atoms with Crippen molar-refractivity contribution in [1.82, 2.24) is 4.90 Å². The van der Waals surface area contributed by atoms with Crippen LogP contribution >= 0.6 is 23.2 Å². The molecule has 7 heteroatoms. The molecule has 2 N–H and O–H groups in total. The molecule has 0 unspecified atom stereocenters. The van der Waals surface area contributed by atoms with Gasteiger partial charge in [0, 0.05) is 12.1 Å². The number of carbonyl (C=O) groups excluding carboxylic acids is 2. The summed E-state index contributed by atoms with van der Waals surface area (Å²) in [5.74, 6) is -1.12. The second kappa shape index (κ2) is 7.35. The van der Waals surface area contributed by atoms with Crippen molar-refractivity contribution < 1.29 is 14.7 Å². The van der Waals surface area contributed by atoms with Crippen LogP contribution in [0.2, 0.25) is 10.0 Å². The number of phenolic OH excluding ortho intramolecular Hbond substituents is 1. The van der Waals surface area contributed by atoms with Crippen LogP contribution in [0.15, 0.2) is 42.5 Å². The maximum atomic E-state index is 12.3. The van der Waals surface area contributed by atoms with Gasteiger partial charge in [-0.15, -0.1) is 0 Å². The Morgan fingerprint density at radius 3 is 2.57 bits per heavy atom. The highest BCUT2D eigenvalue weighted by atomic mass is 35.5. The molecule has 0 saturated carbocycles. The Bertz CT molecular complexity index is 750. The first-order valence-corrected chi connectivity index (χ1v) is 7.42. The number of rotatable bonds is 4. The van der Waals surface area contributed by atoms with E-state index in [0.717, 1.165) is 0 Å². The van der Waals surface area contributed by atoms with Crippen molar-refractivity contribution in [2.45, 2.75) is 0 Å². The van der Waals surface area contributed by atoms with Gasteiger partial charge in [-0.1, -0.05) is 35.3 Å². The Morgan fingerprint density at radius 1 is 1.17 bits per heavy atom. The Morgan fingerprint density at radius 2 is 1.87 bits per heavy atom. The number of phenols is 1. The molecule has 0 aliphatic rings. The van der Waals surface area contributed by atoms with E-state index in [1.54, 1.807) is 24.3 Å². The first kappa shape index (κ1) is 17.1. The predicted octanol–water partition coefficient (Wildman–Crippen LogP) is 3.41. The van der Waals surface area contributed by atoms with Crippen molar-refractivity contribution >= 4 is 40.7 Å². The van der Waals surface area contributed by atoms with Crippen LogP contribution in [0.3, 0.4) is 0 Å². The minimum absolute atomic E-state index is 0.0329. The van der Waals surface area contributed by atoms with Gasteiger partial charge in [0.05, 0.1) is 22.8 Å². The van der Waals surface area contributed by atoms with E-state index < -0.39 is 11.8 Å². The molecular formula is C16H14Cl2N2O3. The molecule has 23 heavy (non-hydrogen) atoms. The minimum Gasteiger partial charge on any atom is -0.507 e. The van der Waals surface area contributed by atoms with Crippen molar-refractivity contribution in [2.24, 2.45) is 0 Å². The summed E-state index contributed by atoms with van der Waals surface area (Å²) in [5, 5.41) is 13.1. The molecule has 0 spiro atoms. The average Bonchev–Trinajstić information content (AvgIpc) is 2.51. The average molecular weight is 353 g/mol. The lowest BCUT2D eigenvalue weighted by molar-refractivity contribution is -0.116. The summed E-state index contributed by atoms with van der Waals surface area (Å²) >= 11 is 11.8. The Kier molecular flexibility index (Phi) is 5.47. The molecule has 0 aromatic heterocycles. The van der Waals surface area contributed by atoms with Gasteiger partial charge in [0.1, 0.15) is 5.75 Å². The second-order valence-electron chi connectivity index (χ2n) is 4.85. The number of nitrogens with zero attached hydrogens (tertiary/aromatic N) is 1. The fourth-order valence-electron chi connectivity index (χ4n) is 1.92. The maximum absolute atomic E-state index is 12.3. The number of hydrogen-bond acceptors (Lipinski definition) is 3. The van der Waals surface area contributed by atoms with Gasteiger partial charge in [-0.05, 0) is 30.3 Å². The number of likely N-dealkylation sites (N-methyl/N-ethyl adjacent to an activating group) is 1. The SMILES string of the molecule is CN(CC(=O)Nc1ccccc1Cl)C(=O)c1cc(Cl)ccc1O. The normalized spacial score (nSPS) is 10.2. The molecule has 0 radical (unpaired) electrons. The molecule has 2 rings (SSSR count). The van der Waals surface area contributed by atoms with Crippen molar-refractivity contribution in [3.63, 3.8) is 0 Å². The van der Waals surface area contributed by atoms with Crippen molar-refractivity contribution in [3.8, 4) is 5.75 Å². The van der Waals surface area contributed by atoms with Gasteiger partial charge in [0.2, 0.25) is 5.91 Å². The predicted molar refractivity (Wildman–Crippen MR) is 90.2 cm³/mol. The maximum Gasteiger partial charge on any atom is 0.257 e. The highest BCUT2D eigenvalue weighted by Gasteiger charge is 2.19. The molecule has 0 aliphatic carbocycles. The summed E-state index contributed by atoms with van der Waals surface area (Å²) in [6, 6.07) is 10.9. The number of hydrogen-bond donors (Lipinski definition) is 2. The summed E-state index contributed by atoms with van der Waals surface area (Å²) in [7, 11) is 1.45. The molecule has 0 heterocycles. The number of benzene rings is 2. The van der Waals surface area contributed by atoms with E-state index in [9.17, 15) is 14.7 Å². The molecule has 0 atom stereocenters. The van der Waals surface area contributed by atoms with Crippen molar-refractivity contribution in [3.05, 3.63) is 58.1 Å². The van der Waals surface area contributed by atoms with Gasteiger partial charge in [-0.3, -0.25) is 9.59 Å². The number of anilines is 1. The lowest BCUT2D eigenvalue weighted by Gasteiger charge is -2.18. The smallest absolute Gasteiger partial charge is 0.257 e. The number of para-hydroxylation sites is 1. The topological polar surface area (TPSA) is 69.6 Å². The zero-order valence-corrected chi connectivity index (χ0v) is 13.7. The molecular weight excluding hydrogens is 339 g/mol. The monoisotopic (exact) mass is 352 g/mol. The summed E-state index contributed by atoms with van der Waals surface area (Å²) in [6.45, 7) is -0.198. The number of amides is 2. The molecule has 2 aromatic rings. The molecule has 2 amide bonds. The quantitative estimate of drug-likeness (QED) is 0.885. The third-order valence-electron chi connectivity index (χ3n) is 3.06. The molecule has 2 aromatic carbocycles. The van der Waals surface area contributed by atoms with E-state index in [1.807, 2.05) is 0 Å². The van der Waals surface area contributed by atoms with Crippen LogP contribution in [0.25, 0.3) is 0 Å². The number of nitrogens with one attached hydrogen (secondary N) is 1. The summed E-state index contributed by atoms with van der Waals surface area (Å²) in [6.07, 6.45) is 0. The fourth-order valence-corrected chi connectivity index (χ4v) is 2.28. The number of aromatic hydroxyl groups is 1. The van der Waals surface area contributed by atoms with Gasteiger partial charge < -0.3 is 15.3 Å². The first-order valence-electron chi connectivity index (χ1n) is 6.67. The van der Waals surface area contributed by atoms with Crippen LogP contribution in [0, 0.1) is 0 Å². The van der Waals surface area contributed by atoms with E-state index in [0.29, 0.717) is 15.7 Å². The lowest BCUT2D eigenvalue weighted by atomic mass is 10.2. The summed E-state index contributed by atoms with van der Waals surface area (Å²) in [5.41, 5.74) is 0.496. The molecule has 0 saturated heterocycles. The van der Waals surface area contributed by atoms with Crippen LogP contribution in [-0.2, 0) is 4.79 Å². The van der Waals surface area contributed by atoms with Gasteiger partial charge in [0.15, 0.2) is 0 Å². The molecule has 0 aliphatic heterocycles. The zero-order valence-electron chi connectivity index (χ0n) is 12.2. The van der Waals surface area contributed by atoms with Crippen molar-refractivity contribution in [2.75, 3.05) is 18.9 Å². The standard InChI is InChI=1S/C16H14Cl2N2O3/c1-20(16(23)11-8-10(17)6-7-14(11)21)9-15(22)19-13-5-3-2-4-12(13)18/h2-8,21H,9H2,1H3,(H,19,22). The van der Waals surface area contributed by atoms with Gasteiger partial charge in [0.25, 0.3) is 5.91 Å². The number of halogens is 2. The highest BCUT2D eigenvalue weighted by Crippen LogP contribution is 2.23. The van der Waals surface area contributed by atoms with Crippen molar-refractivity contribution in [1.29, 1.82) is 0 Å². The Hall–Kier alpha value is -2.24.